The maximum absolute atomic E-state index is 12.9. The van der Waals surface area contributed by atoms with E-state index in [9.17, 15) is 8.42 Å². The Morgan fingerprint density at radius 1 is 1.27 bits per heavy atom. The summed E-state index contributed by atoms with van der Waals surface area (Å²) in [5.41, 5.74) is 7.07. The topological polar surface area (TPSA) is 121 Å². The predicted octanol–water partition coefficient (Wildman–Crippen LogP) is 1.78. The molecule has 2 N–H and O–H groups in total. The van der Waals surface area contributed by atoms with Gasteiger partial charge in [0.15, 0.2) is 15.7 Å². The van der Waals surface area contributed by atoms with E-state index in [-0.39, 0.29) is 17.6 Å². The van der Waals surface area contributed by atoms with Crippen LogP contribution >= 0.6 is 0 Å². The average Bonchev–Trinajstić information content (AvgIpc) is 3.01. The summed E-state index contributed by atoms with van der Waals surface area (Å²) in [5.74, 6) is 1.88. The van der Waals surface area contributed by atoms with Crippen LogP contribution in [0, 0.1) is 0 Å². The lowest BCUT2D eigenvalue weighted by Crippen LogP contribution is -2.44. The third-order valence-corrected chi connectivity index (χ3v) is 8.57. The largest absolute Gasteiger partial charge is 0.481 e. The first-order valence-electron chi connectivity index (χ1n) is 10.0. The van der Waals surface area contributed by atoms with E-state index < -0.39 is 14.6 Å². The lowest BCUT2D eigenvalue weighted by atomic mass is 10.0. The minimum atomic E-state index is -3.32. The first-order valence-corrected chi connectivity index (χ1v) is 11.7. The molecule has 0 radical (unpaired) electrons. The molecule has 162 valence electrons. The molecule has 0 aromatic carbocycles. The van der Waals surface area contributed by atoms with Gasteiger partial charge in [0.05, 0.1) is 37.8 Å². The molecule has 1 unspecified atom stereocenters. The van der Waals surface area contributed by atoms with E-state index >= 15 is 0 Å². The fourth-order valence-electron chi connectivity index (χ4n) is 4.08. The molecule has 4 rings (SSSR count). The third kappa shape index (κ3) is 3.58. The van der Waals surface area contributed by atoms with Crippen LogP contribution in [0.3, 0.4) is 0 Å². The van der Waals surface area contributed by atoms with Gasteiger partial charge in [-0.3, -0.25) is 0 Å². The number of anilines is 2. The summed E-state index contributed by atoms with van der Waals surface area (Å²) in [6.45, 7) is 5.66. The molecule has 2 saturated heterocycles. The standard InChI is InChI=1S/C20H27N5O4S/c1-13-12-29-7-6-25(13)17-11-15(20(2)5-4-8-30(20,26)27)22-19(24-17)14-9-16(21)23-18(10-14)28-3/h9-11,13H,4-8,12H2,1-3H3,(H2,21,23)/t13-,20?/m1/s1. The number of rotatable bonds is 4. The van der Waals surface area contributed by atoms with Gasteiger partial charge in [-0.15, -0.1) is 0 Å². The number of sulfone groups is 1. The highest BCUT2D eigenvalue weighted by Gasteiger charge is 2.46. The van der Waals surface area contributed by atoms with Crippen molar-refractivity contribution in [2.75, 3.05) is 43.3 Å². The number of pyridine rings is 1. The van der Waals surface area contributed by atoms with Crippen LogP contribution in [0.25, 0.3) is 11.4 Å². The monoisotopic (exact) mass is 433 g/mol. The number of hydrogen-bond acceptors (Lipinski definition) is 9. The van der Waals surface area contributed by atoms with Crippen LogP contribution in [-0.4, -0.2) is 62.0 Å². The zero-order chi connectivity index (χ0) is 21.5. The Hall–Kier alpha value is -2.46. The van der Waals surface area contributed by atoms with Gasteiger partial charge in [0.2, 0.25) is 5.88 Å². The SMILES string of the molecule is COc1cc(-c2nc(N3CCOC[C@H]3C)cc(C3(C)CCCS3(=O)=O)n2)cc(N)n1. The van der Waals surface area contributed by atoms with Crippen molar-refractivity contribution in [2.24, 2.45) is 0 Å². The molecule has 2 aromatic rings. The highest BCUT2D eigenvalue weighted by atomic mass is 32.2. The Morgan fingerprint density at radius 3 is 2.73 bits per heavy atom. The van der Waals surface area contributed by atoms with Crippen LogP contribution in [0.15, 0.2) is 18.2 Å². The summed E-state index contributed by atoms with van der Waals surface area (Å²) in [5, 5.41) is 0. The molecule has 2 atom stereocenters. The Balaban J connectivity index is 1.90. The van der Waals surface area contributed by atoms with Crippen LogP contribution in [-0.2, 0) is 19.3 Å². The molecule has 9 nitrogen and oxygen atoms in total. The average molecular weight is 434 g/mol. The van der Waals surface area contributed by atoms with E-state index in [4.69, 9.17) is 25.2 Å². The Bertz CT molecular complexity index is 1060. The maximum Gasteiger partial charge on any atom is 0.215 e. The van der Waals surface area contributed by atoms with E-state index in [1.54, 1.807) is 19.1 Å². The van der Waals surface area contributed by atoms with Gasteiger partial charge < -0.3 is 20.1 Å². The summed E-state index contributed by atoms with van der Waals surface area (Å²) in [4.78, 5) is 15.7. The Morgan fingerprint density at radius 2 is 2.07 bits per heavy atom. The number of ether oxygens (including phenoxy) is 2. The fraction of sp³-hybridized carbons (Fsp3) is 0.550. The molecule has 2 aromatic heterocycles. The quantitative estimate of drug-likeness (QED) is 0.769. The molecular weight excluding hydrogens is 406 g/mol. The third-order valence-electron chi connectivity index (χ3n) is 5.96. The van der Waals surface area contributed by atoms with Gasteiger partial charge in [-0.05, 0) is 32.8 Å². The summed E-state index contributed by atoms with van der Waals surface area (Å²) in [6.07, 6.45) is 1.16. The Labute approximate surface area is 176 Å². The number of morpholine rings is 1. The number of nitrogens with two attached hydrogens (primary N) is 1. The first kappa shape index (κ1) is 20.8. The van der Waals surface area contributed by atoms with Gasteiger partial charge in [-0.2, -0.15) is 4.98 Å². The van der Waals surface area contributed by atoms with E-state index in [0.717, 1.165) is 0 Å². The molecule has 10 heteroatoms. The maximum atomic E-state index is 12.9. The van der Waals surface area contributed by atoms with Crippen LogP contribution < -0.4 is 15.4 Å². The number of hydrogen-bond donors (Lipinski definition) is 1. The first-order chi connectivity index (χ1) is 14.2. The smallest absolute Gasteiger partial charge is 0.215 e. The highest BCUT2D eigenvalue weighted by molar-refractivity contribution is 7.92. The van der Waals surface area contributed by atoms with Gasteiger partial charge in [0.25, 0.3) is 0 Å². The van der Waals surface area contributed by atoms with Crippen molar-refractivity contribution in [1.29, 1.82) is 0 Å². The van der Waals surface area contributed by atoms with Crippen molar-refractivity contribution >= 4 is 21.5 Å². The van der Waals surface area contributed by atoms with Crippen LogP contribution in [0.5, 0.6) is 5.88 Å². The molecule has 0 spiro atoms. The second kappa shape index (κ2) is 7.66. The van der Waals surface area contributed by atoms with Crippen LogP contribution in [0.4, 0.5) is 11.6 Å². The molecule has 0 saturated carbocycles. The molecule has 0 amide bonds. The van der Waals surface area contributed by atoms with E-state index in [1.807, 2.05) is 6.07 Å². The van der Waals surface area contributed by atoms with Gasteiger partial charge in [0, 0.05) is 24.2 Å². The van der Waals surface area contributed by atoms with Crippen molar-refractivity contribution in [1.82, 2.24) is 15.0 Å². The van der Waals surface area contributed by atoms with Crippen LogP contribution in [0.2, 0.25) is 0 Å². The molecular formula is C20H27N5O4S. The fourth-order valence-corrected chi connectivity index (χ4v) is 5.93. The summed E-state index contributed by atoms with van der Waals surface area (Å²) < 4.78 is 35.5. The molecule has 0 bridgehead atoms. The van der Waals surface area contributed by atoms with E-state index in [1.165, 1.54) is 7.11 Å². The predicted molar refractivity (Wildman–Crippen MR) is 114 cm³/mol. The molecule has 2 aliphatic rings. The van der Waals surface area contributed by atoms with Gasteiger partial charge in [-0.1, -0.05) is 0 Å². The van der Waals surface area contributed by atoms with Gasteiger partial charge in [-0.25, -0.2) is 18.4 Å². The van der Waals surface area contributed by atoms with Gasteiger partial charge >= 0.3 is 0 Å². The normalized spacial score (nSPS) is 26.0. The van der Waals surface area contributed by atoms with Crippen molar-refractivity contribution in [3.05, 3.63) is 23.9 Å². The summed E-state index contributed by atoms with van der Waals surface area (Å²) in [7, 11) is -1.81. The Kier molecular flexibility index (Phi) is 5.31. The number of methoxy groups -OCH3 is 1. The lowest BCUT2D eigenvalue weighted by Gasteiger charge is -2.35. The summed E-state index contributed by atoms with van der Waals surface area (Å²) in [6, 6.07) is 5.29. The van der Waals surface area contributed by atoms with Crippen molar-refractivity contribution in [3.8, 4) is 17.3 Å². The zero-order valence-electron chi connectivity index (χ0n) is 17.5. The molecule has 30 heavy (non-hydrogen) atoms. The van der Waals surface area contributed by atoms with Gasteiger partial charge in [0.1, 0.15) is 16.4 Å². The van der Waals surface area contributed by atoms with Crippen molar-refractivity contribution in [3.63, 3.8) is 0 Å². The second-order valence-corrected chi connectivity index (χ2v) is 10.6. The van der Waals surface area contributed by atoms with E-state index in [0.29, 0.717) is 61.4 Å². The zero-order valence-corrected chi connectivity index (χ0v) is 18.3. The van der Waals surface area contributed by atoms with Crippen LogP contribution in [0.1, 0.15) is 32.4 Å². The van der Waals surface area contributed by atoms with E-state index in [2.05, 4.69) is 16.8 Å². The summed E-state index contributed by atoms with van der Waals surface area (Å²) >= 11 is 0. The van der Waals surface area contributed by atoms with Crippen molar-refractivity contribution in [2.45, 2.75) is 37.5 Å². The second-order valence-electron chi connectivity index (χ2n) is 8.03. The lowest BCUT2D eigenvalue weighted by molar-refractivity contribution is 0.0985. The molecule has 4 heterocycles. The van der Waals surface area contributed by atoms with Crippen molar-refractivity contribution < 1.29 is 17.9 Å². The number of nitrogens with zero attached hydrogens (tertiary/aromatic N) is 4. The minimum Gasteiger partial charge on any atom is -0.481 e. The highest BCUT2D eigenvalue weighted by Crippen LogP contribution is 2.42. The number of nitrogen functional groups attached to an aromatic ring is 1. The molecule has 2 fully saturated rings. The number of aromatic nitrogens is 3. The minimum absolute atomic E-state index is 0.111. The molecule has 0 aliphatic carbocycles. The molecule has 2 aliphatic heterocycles.